The number of piperidine rings is 1. The Morgan fingerprint density at radius 2 is 1.81 bits per heavy atom. The lowest BCUT2D eigenvalue weighted by atomic mass is 9.79. The van der Waals surface area contributed by atoms with Crippen molar-refractivity contribution in [3.8, 4) is 16.9 Å². The maximum absolute atomic E-state index is 9.81. The Morgan fingerprint density at radius 1 is 1.03 bits per heavy atom. The van der Waals surface area contributed by atoms with E-state index in [1.54, 1.807) is 6.33 Å². The van der Waals surface area contributed by atoms with Gasteiger partial charge in [-0.1, -0.05) is 42.5 Å². The molecule has 6 rings (SSSR count). The number of nitrogens with zero attached hydrogens (tertiary/aromatic N) is 4. The summed E-state index contributed by atoms with van der Waals surface area (Å²) in [4.78, 5) is 11.6. The number of nitrogen functional groups attached to an aromatic ring is 1. The van der Waals surface area contributed by atoms with E-state index in [0.29, 0.717) is 24.4 Å². The molecule has 1 aliphatic carbocycles. The van der Waals surface area contributed by atoms with Crippen LogP contribution >= 0.6 is 0 Å². The van der Waals surface area contributed by atoms with E-state index in [-0.39, 0.29) is 6.10 Å². The van der Waals surface area contributed by atoms with Gasteiger partial charge >= 0.3 is 0 Å². The molecular formula is C30H35N5O2. The minimum atomic E-state index is -0.120. The molecule has 37 heavy (non-hydrogen) atoms. The molecule has 1 saturated heterocycles. The van der Waals surface area contributed by atoms with E-state index in [2.05, 4.69) is 45.6 Å². The monoisotopic (exact) mass is 497 g/mol. The number of hydrogen-bond donors (Lipinski definition) is 2. The first kappa shape index (κ1) is 23.9. The van der Waals surface area contributed by atoms with Gasteiger partial charge in [-0.15, -0.1) is 0 Å². The number of rotatable bonds is 7. The van der Waals surface area contributed by atoms with Gasteiger partial charge in [0.1, 0.15) is 30.1 Å². The van der Waals surface area contributed by atoms with Crippen molar-refractivity contribution in [1.29, 1.82) is 0 Å². The molecular weight excluding hydrogens is 462 g/mol. The van der Waals surface area contributed by atoms with Gasteiger partial charge in [0.05, 0.1) is 11.5 Å². The largest absolute Gasteiger partial charge is 0.489 e. The molecule has 7 heteroatoms. The van der Waals surface area contributed by atoms with Gasteiger partial charge < -0.3 is 25.0 Å². The minimum absolute atomic E-state index is 0.120. The molecule has 3 heterocycles. The lowest BCUT2D eigenvalue weighted by Crippen LogP contribution is -2.42. The lowest BCUT2D eigenvalue weighted by Gasteiger charge is -2.41. The van der Waals surface area contributed by atoms with Crippen LogP contribution in [0.2, 0.25) is 0 Å². The minimum Gasteiger partial charge on any atom is -0.489 e. The normalized spacial score (nSPS) is 20.7. The number of ether oxygens (including phenoxy) is 1. The fourth-order valence-corrected chi connectivity index (χ4v) is 6.08. The van der Waals surface area contributed by atoms with Crippen LogP contribution < -0.4 is 10.5 Å². The predicted octanol–water partition coefficient (Wildman–Crippen LogP) is 4.98. The molecule has 7 nitrogen and oxygen atoms in total. The van der Waals surface area contributed by atoms with E-state index < -0.39 is 0 Å². The number of nitrogens with two attached hydrogens (primary N) is 1. The first-order chi connectivity index (χ1) is 18.1. The number of aromatic nitrogens is 3. The molecule has 1 aliphatic heterocycles. The van der Waals surface area contributed by atoms with Gasteiger partial charge in [-0.3, -0.25) is 0 Å². The standard InChI is InChI=1S/C30H35N5O2/c1-20-27(23-8-5-9-26(16-23)37-18-21-6-3-2-4-7-21)28-29(31)32-19-33-30(28)35(20)24-14-22(15-24)17-34-12-10-25(36)11-13-34/h2-9,16,19,22,24-25,36H,10-15,17-18H2,1H3,(H2,31,32,33)/t22-,24-. The van der Waals surface area contributed by atoms with Crippen molar-refractivity contribution in [2.45, 2.75) is 51.4 Å². The quantitative estimate of drug-likeness (QED) is 0.375. The third kappa shape index (κ3) is 4.81. The third-order valence-electron chi connectivity index (χ3n) is 8.08. The molecule has 3 N–H and O–H groups in total. The molecule has 192 valence electrons. The molecule has 2 fully saturated rings. The number of hydrogen-bond acceptors (Lipinski definition) is 6. The maximum Gasteiger partial charge on any atom is 0.146 e. The van der Waals surface area contributed by atoms with Gasteiger partial charge in [-0.2, -0.15) is 0 Å². The molecule has 1 saturated carbocycles. The van der Waals surface area contributed by atoms with Gasteiger partial charge in [0, 0.05) is 36.9 Å². The fraction of sp³-hybridized carbons (Fsp3) is 0.400. The van der Waals surface area contributed by atoms with E-state index >= 15 is 0 Å². The Labute approximate surface area is 217 Å². The number of likely N-dealkylation sites (tertiary alicyclic amines) is 1. The van der Waals surface area contributed by atoms with Crippen LogP contribution in [0.3, 0.4) is 0 Å². The van der Waals surface area contributed by atoms with E-state index in [0.717, 1.165) is 78.8 Å². The molecule has 4 aromatic rings. The number of aliphatic hydroxyl groups excluding tert-OH is 1. The summed E-state index contributed by atoms with van der Waals surface area (Å²) >= 11 is 0. The summed E-state index contributed by atoms with van der Waals surface area (Å²) in [5.74, 6) is 2.02. The summed E-state index contributed by atoms with van der Waals surface area (Å²) in [6.45, 7) is 5.82. The van der Waals surface area contributed by atoms with Crippen molar-refractivity contribution < 1.29 is 9.84 Å². The molecule has 0 spiro atoms. The Hall–Kier alpha value is -3.42. The van der Waals surface area contributed by atoms with Gasteiger partial charge in [0.15, 0.2) is 0 Å². The molecule has 0 atom stereocenters. The first-order valence-corrected chi connectivity index (χ1v) is 13.4. The van der Waals surface area contributed by atoms with Crippen LogP contribution in [0.4, 0.5) is 5.82 Å². The van der Waals surface area contributed by atoms with Crippen LogP contribution in [-0.4, -0.2) is 50.3 Å². The van der Waals surface area contributed by atoms with Crippen molar-refractivity contribution >= 4 is 16.9 Å². The van der Waals surface area contributed by atoms with Crippen molar-refractivity contribution in [1.82, 2.24) is 19.4 Å². The fourth-order valence-electron chi connectivity index (χ4n) is 6.08. The van der Waals surface area contributed by atoms with E-state index in [1.165, 1.54) is 5.69 Å². The highest BCUT2D eigenvalue weighted by Gasteiger charge is 2.35. The molecule has 2 aromatic heterocycles. The van der Waals surface area contributed by atoms with E-state index in [4.69, 9.17) is 15.5 Å². The molecule has 0 radical (unpaired) electrons. The second kappa shape index (κ2) is 10.1. The maximum atomic E-state index is 9.81. The summed E-state index contributed by atoms with van der Waals surface area (Å²) in [6, 6.07) is 18.8. The van der Waals surface area contributed by atoms with Gasteiger partial charge in [0.2, 0.25) is 0 Å². The van der Waals surface area contributed by atoms with E-state index in [9.17, 15) is 5.11 Å². The Kier molecular flexibility index (Phi) is 6.57. The second-order valence-corrected chi connectivity index (χ2v) is 10.6. The SMILES string of the molecule is Cc1c(-c2cccc(OCc3ccccc3)c2)c2c(N)ncnc2n1[C@H]1C[C@H](CN2CCC(O)CC2)C1. The van der Waals surface area contributed by atoms with Gasteiger partial charge in [0.25, 0.3) is 0 Å². The Balaban J connectivity index is 1.25. The smallest absolute Gasteiger partial charge is 0.146 e. The number of aliphatic hydroxyl groups is 1. The zero-order chi connectivity index (χ0) is 25.4. The van der Waals surface area contributed by atoms with Crippen LogP contribution in [0.15, 0.2) is 60.9 Å². The van der Waals surface area contributed by atoms with Crippen molar-refractivity contribution in [3.63, 3.8) is 0 Å². The van der Waals surface area contributed by atoms with Crippen molar-refractivity contribution in [3.05, 3.63) is 72.2 Å². The molecule has 0 amide bonds. The molecule has 0 unspecified atom stereocenters. The van der Waals surface area contributed by atoms with Crippen molar-refractivity contribution in [2.75, 3.05) is 25.4 Å². The summed E-state index contributed by atoms with van der Waals surface area (Å²) in [7, 11) is 0. The average Bonchev–Trinajstić information content (AvgIpc) is 3.19. The number of benzene rings is 2. The number of anilines is 1. The zero-order valence-electron chi connectivity index (χ0n) is 21.4. The predicted molar refractivity (Wildman–Crippen MR) is 146 cm³/mol. The lowest BCUT2D eigenvalue weighted by molar-refractivity contribution is 0.0566. The van der Waals surface area contributed by atoms with Crippen LogP contribution in [0.5, 0.6) is 5.75 Å². The highest BCUT2D eigenvalue weighted by Crippen LogP contribution is 2.45. The Morgan fingerprint density at radius 3 is 2.59 bits per heavy atom. The van der Waals surface area contributed by atoms with Gasteiger partial charge in [-0.25, -0.2) is 9.97 Å². The summed E-state index contributed by atoms with van der Waals surface area (Å²) in [5.41, 5.74) is 11.8. The topological polar surface area (TPSA) is 89.4 Å². The van der Waals surface area contributed by atoms with Crippen molar-refractivity contribution in [2.24, 2.45) is 5.92 Å². The van der Waals surface area contributed by atoms with Crippen LogP contribution in [0.25, 0.3) is 22.2 Å². The molecule has 2 aliphatic rings. The van der Waals surface area contributed by atoms with E-state index in [1.807, 2.05) is 30.3 Å². The summed E-state index contributed by atoms with van der Waals surface area (Å²) in [6.07, 6.45) is 5.51. The zero-order valence-corrected chi connectivity index (χ0v) is 21.4. The first-order valence-electron chi connectivity index (χ1n) is 13.4. The second-order valence-electron chi connectivity index (χ2n) is 10.6. The highest BCUT2D eigenvalue weighted by molar-refractivity contribution is 6.02. The van der Waals surface area contributed by atoms with Crippen LogP contribution in [0.1, 0.15) is 43.0 Å². The van der Waals surface area contributed by atoms with Crippen LogP contribution in [0, 0.1) is 12.8 Å². The highest BCUT2D eigenvalue weighted by atomic mass is 16.5. The molecule has 2 aromatic carbocycles. The summed E-state index contributed by atoms with van der Waals surface area (Å²) in [5, 5.41) is 10.7. The average molecular weight is 498 g/mol. The summed E-state index contributed by atoms with van der Waals surface area (Å²) < 4.78 is 8.51. The Bertz CT molecular complexity index is 1370. The third-order valence-corrected chi connectivity index (χ3v) is 8.08. The van der Waals surface area contributed by atoms with Crippen LogP contribution in [-0.2, 0) is 6.61 Å². The number of fused-ring (bicyclic) bond motifs is 1. The van der Waals surface area contributed by atoms with Gasteiger partial charge in [-0.05, 0) is 61.8 Å². The molecule has 0 bridgehead atoms.